The van der Waals surface area contributed by atoms with Crippen LogP contribution in [0.3, 0.4) is 0 Å². The Bertz CT molecular complexity index is 454. The van der Waals surface area contributed by atoms with Crippen LogP contribution in [0.15, 0.2) is 30.3 Å². The highest BCUT2D eigenvalue weighted by molar-refractivity contribution is 5.19. The SMILES string of the molecule is CC(c1ccccc1)N1OC12CCC(C(C)(C)C)CC2. The molecule has 2 unspecified atom stereocenters. The lowest BCUT2D eigenvalue weighted by atomic mass is 9.71. The summed E-state index contributed by atoms with van der Waals surface area (Å²) in [5.41, 5.74) is 1.84. The zero-order valence-corrected chi connectivity index (χ0v) is 13.2. The Morgan fingerprint density at radius 2 is 1.75 bits per heavy atom. The van der Waals surface area contributed by atoms with Gasteiger partial charge in [0.2, 0.25) is 0 Å². The Balaban J connectivity index is 1.62. The molecule has 1 saturated heterocycles. The van der Waals surface area contributed by atoms with Crippen molar-refractivity contribution in [1.29, 1.82) is 0 Å². The minimum Gasteiger partial charge on any atom is -0.271 e. The molecule has 1 saturated carbocycles. The molecule has 0 N–H and O–H groups in total. The van der Waals surface area contributed by atoms with Crippen LogP contribution in [0.4, 0.5) is 0 Å². The van der Waals surface area contributed by atoms with Crippen molar-refractivity contribution < 1.29 is 4.84 Å². The molecule has 0 amide bonds. The summed E-state index contributed by atoms with van der Waals surface area (Å²) in [6.45, 7) is 9.36. The second-order valence-corrected chi connectivity index (χ2v) is 7.59. The van der Waals surface area contributed by atoms with Crippen molar-refractivity contribution in [3.05, 3.63) is 35.9 Å². The summed E-state index contributed by atoms with van der Waals surface area (Å²) in [4.78, 5) is 6.06. The van der Waals surface area contributed by atoms with Gasteiger partial charge in [-0.05, 0) is 49.5 Å². The van der Waals surface area contributed by atoms with Crippen LogP contribution in [0.25, 0.3) is 0 Å². The molecule has 0 radical (unpaired) electrons. The number of benzene rings is 1. The van der Waals surface area contributed by atoms with Crippen LogP contribution in [0, 0.1) is 11.3 Å². The molecule has 0 bridgehead atoms. The van der Waals surface area contributed by atoms with Crippen molar-refractivity contribution >= 4 is 0 Å². The first-order chi connectivity index (χ1) is 9.42. The van der Waals surface area contributed by atoms with Crippen LogP contribution in [-0.4, -0.2) is 10.8 Å². The van der Waals surface area contributed by atoms with Gasteiger partial charge in [0.25, 0.3) is 0 Å². The molecule has 1 spiro atoms. The monoisotopic (exact) mass is 273 g/mol. The average molecular weight is 273 g/mol. The second kappa shape index (κ2) is 4.85. The molecule has 2 heteroatoms. The molecule has 3 rings (SSSR count). The summed E-state index contributed by atoms with van der Waals surface area (Å²) in [6, 6.07) is 11.0. The summed E-state index contributed by atoms with van der Waals surface area (Å²) in [5, 5.41) is 2.24. The predicted molar refractivity (Wildman–Crippen MR) is 81.9 cm³/mol. The number of hydrogen-bond acceptors (Lipinski definition) is 2. The van der Waals surface area contributed by atoms with E-state index in [-0.39, 0.29) is 5.72 Å². The molecule has 1 aromatic carbocycles. The van der Waals surface area contributed by atoms with E-state index in [9.17, 15) is 0 Å². The van der Waals surface area contributed by atoms with Crippen LogP contribution in [-0.2, 0) is 4.84 Å². The lowest BCUT2D eigenvalue weighted by molar-refractivity contribution is 0.123. The molecule has 2 nitrogen and oxygen atoms in total. The van der Waals surface area contributed by atoms with E-state index < -0.39 is 0 Å². The van der Waals surface area contributed by atoms with E-state index in [1.165, 1.54) is 31.2 Å². The smallest absolute Gasteiger partial charge is 0.165 e. The van der Waals surface area contributed by atoms with Gasteiger partial charge in [0.1, 0.15) is 0 Å². The third-order valence-electron chi connectivity index (χ3n) is 5.26. The summed E-state index contributed by atoms with van der Waals surface area (Å²) in [5.74, 6) is 0.839. The van der Waals surface area contributed by atoms with E-state index in [1.54, 1.807) is 0 Å². The molecular weight excluding hydrogens is 246 g/mol. The summed E-state index contributed by atoms with van der Waals surface area (Å²) < 4.78 is 0. The third-order valence-corrected chi connectivity index (χ3v) is 5.26. The fraction of sp³-hybridized carbons (Fsp3) is 0.667. The van der Waals surface area contributed by atoms with E-state index in [4.69, 9.17) is 4.84 Å². The molecule has 1 heterocycles. The van der Waals surface area contributed by atoms with Gasteiger partial charge in [-0.15, -0.1) is 5.06 Å². The maximum Gasteiger partial charge on any atom is 0.165 e. The Labute approximate surface area is 123 Å². The fourth-order valence-electron chi connectivity index (χ4n) is 3.71. The molecule has 2 fully saturated rings. The van der Waals surface area contributed by atoms with Crippen LogP contribution in [0.5, 0.6) is 0 Å². The molecule has 1 aromatic rings. The fourth-order valence-corrected chi connectivity index (χ4v) is 3.71. The maximum absolute atomic E-state index is 6.06. The summed E-state index contributed by atoms with van der Waals surface area (Å²) in [6.07, 6.45) is 4.96. The highest BCUT2D eigenvalue weighted by Gasteiger charge is 2.58. The molecule has 110 valence electrons. The minimum absolute atomic E-state index is 0.0526. The van der Waals surface area contributed by atoms with Crippen molar-refractivity contribution in [1.82, 2.24) is 5.06 Å². The zero-order chi connectivity index (χ0) is 14.4. The maximum atomic E-state index is 6.06. The Morgan fingerprint density at radius 3 is 2.30 bits per heavy atom. The van der Waals surface area contributed by atoms with E-state index in [1.807, 2.05) is 0 Å². The summed E-state index contributed by atoms with van der Waals surface area (Å²) >= 11 is 0. The van der Waals surface area contributed by atoms with Crippen LogP contribution in [0.2, 0.25) is 0 Å². The van der Waals surface area contributed by atoms with Gasteiger partial charge < -0.3 is 0 Å². The second-order valence-electron chi connectivity index (χ2n) is 7.59. The zero-order valence-electron chi connectivity index (χ0n) is 13.2. The van der Waals surface area contributed by atoms with Gasteiger partial charge in [-0.25, -0.2) is 0 Å². The minimum atomic E-state index is 0.0526. The molecule has 0 aromatic heterocycles. The molecule has 1 aliphatic heterocycles. The molecule has 2 atom stereocenters. The molecular formula is C18H27NO. The van der Waals surface area contributed by atoms with Gasteiger partial charge in [0, 0.05) is 0 Å². The highest BCUT2D eigenvalue weighted by atomic mass is 16.9. The van der Waals surface area contributed by atoms with Crippen molar-refractivity contribution in [2.75, 3.05) is 0 Å². The van der Waals surface area contributed by atoms with Gasteiger partial charge in [0.15, 0.2) is 5.72 Å². The first-order valence-corrected chi connectivity index (χ1v) is 7.96. The van der Waals surface area contributed by atoms with Crippen LogP contribution >= 0.6 is 0 Å². The predicted octanol–water partition coefficient (Wildman–Crippen LogP) is 4.93. The number of nitrogens with zero attached hydrogens (tertiary/aromatic N) is 1. The van der Waals surface area contributed by atoms with Crippen LogP contribution < -0.4 is 0 Å². The molecule has 1 aliphatic carbocycles. The highest BCUT2D eigenvalue weighted by Crippen LogP contribution is 2.54. The van der Waals surface area contributed by atoms with Crippen molar-refractivity contribution in [2.24, 2.45) is 11.3 Å². The van der Waals surface area contributed by atoms with Gasteiger partial charge in [-0.1, -0.05) is 51.1 Å². The van der Waals surface area contributed by atoms with Crippen molar-refractivity contribution in [3.63, 3.8) is 0 Å². The lowest BCUT2D eigenvalue weighted by Crippen LogP contribution is -2.32. The van der Waals surface area contributed by atoms with Crippen LogP contribution in [0.1, 0.15) is 65.0 Å². The average Bonchev–Trinajstić information content (AvgIpc) is 3.12. The van der Waals surface area contributed by atoms with Gasteiger partial charge in [-0.2, -0.15) is 0 Å². The number of hydrogen-bond donors (Lipinski definition) is 0. The van der Waals surface area contributed by atoms with E-state index in [0.717, 1.165) is 5.92 Å². The molecule has 2 aliphatic rings. The first kappa shape index (κ1) is 14.1. The van der Waals surface area contributed by atoms with E-state index in [0.29, 0.717) is 11.5 Å². The number of hydroxylamine groups is 2. The van der Waals surface area contributed by atoms with Crippen molar-refractivity contribution in [2.45, 2.75) is 65.1 Å². The third kappa shape index (κ3) is 2.51. The quantitative estimate of drug-likeness (QED) is 0.710. The van der Waals surface area contributed by atoms with Gasteiger partial charge >= 0.3 is 0 Å². The Morgan fingerprint density at radius 1 is 1.15 bits per heavy atom. The topological polar surface area (TPSA) is 15.5 Å². The normalized spacial score (nSPS) is 35.0. The van der Waals surface area contributed by atoms with Gasteiger partial charge in [-0.3, -0.25) is 4.84 Å². The van der Waals surface area contributed by atoms with E-state index >= 15 is 0 Å². The first-order valence-electron chi connectivity index (χ1n) is 7.96. The lowest BCUT2D eigenvalue weighted by Gasteiger charge is -2.36. The van der Waals surface area contributed by atoms with Gasteiger partial charge in [0.05, 0.1) is 6.04 Å². The Kier molecular flexibility index (Phi) is 3.42. The van der Waals surface area contributed by atoms with Crippen molar-refractivity contribution in [3.8, 4) is 0 Å². The largest absolute Gasteiger partial charge is 0.271 e. The standard InChI is InChI=1S/C18H27NO/c1-14(15-8-6-5-7-9-15)19-18(20-19)12-10-16(11-13-18)17(2,3)4/h5-9,14,16H,10-13H2,1-4H3. The summed E-state index contributed by atoms with van der Waals surface area (Å²) in [7, 11) is 0. The van der Waals surface area contributed by atoms with E-state index in [2.05, 4.69) is 63.1 Å². The number of rotatable bonds is 2. The molecule has 20 heavy (non-hydrogen) atoms. The Hall–Kier alpha value is -0.860.